The summed E-state index contributed by atoms with van der Waals surface area (Å²) in [5.74, 6) is 3.38. The Labute approximate surface area is 158 Å². The van der Waals surface area contributed by atoms with Crippen molar-refractivity contribution in [3.05, 3.63) is 12.2 Å². The fraction of sp³-hybridized carbons (Fsp3) is 0.842. The average molecular weight is 364 g/mol. The zero-order valence-electron chi connectivity index (χ0n) is 17.2. The lowest BCUT2D eigenvalue weighted by Gasteiger charge is -2.39. The van der Waals surface area contributed by atoms with Crippen LogP contribution in [-0.2, 0) is 13.0 Å². The van der Waals surface area contributed by atoms with Gasteiger partial charge in [-0.05, 0) is 37.8 Å². The van der Waals surface area contributed by atoms with Crippen LogP contribution in [0, 0.1) is 11.8 Å². The Balaban J connectivity index is 1.78. The van der Waals surface area contributed by atoms with Gasteiger partial charge >= 0.3 is 0 Å². The second kappa shape index (κ2) is 10.5. The monoisotopic (exact) mass is 363 g/mol. The van der Waals surface area contributed by atoms with Crippen LogP contribution in [-0.4, -0.2) is 64.9 Å². The van der Waals surface area contributed by atoms with E-state index >= 15 is 0 Å². The molecule has 2 rings (SSSR count). The first-order valence-corrected chi connectivity index (χ1v) is 10.1. The van der Waals surface area contributed by atoms with E-state index in [1.165, 1.54) is 25.9 Å². The fourth-order valence-corrected chi connectivity index (χ4v) is 3.60. The van der Waals surface area contributed by atoms with Crippen molar-refractivity contribution in [3.63, 3.8) is 0 Å². The van der Waals surface area contributed by atoms with Crippen molar-refractivity contribution in [2.45, 2.75) is 59.5 Å². The summed E-state index contributed by atoms with van der Waals surface area (Å²) >= 11 is 0. The van der Waals surface area contributed by atoms with E-state index < -0.39 is 0 Å². The Hall–Kier alpha value is -1.63. The SMILES string of the molecule is CCc1nncn1CCNC(=NC)NCC(C(C)C)N1CCC(C)CC1. The number of piperidine rings is 1. The lowest BCUT2D eigenvalue weighted by atomic mass is 9.94. The van der Waals surface area contributed by atoms with Crippen LogP contribution in [0.2, 0.25) is 0 Å². The minimum atomic E-state index is 0.547. The van der Waals surface area contributed by atoms with Gasteiger partial charge < -0.3 is 15.2 Å². The predicted molar refractivity (Wildman–Crippen MR) is 107 cm³/mol. The first-order valence-electron chi connectivity index (χ1n) is 10.1. The third-order valence-electron chi connectivity index (χ3n) is 5.42. The van der Waals surface area contributed by atoms with Crippen LogP contribution in [0.5, 0.6) is 0 Å². The van der Waals surface area contributed by atoms with Crippen LogP contribution in [0.1, 0.15) is 46.4 Å². The van der Waals surface area contributed by atoms with E-state index in [4.69, 9.17) is 0 Å². The van der Waals surface area contributed by atoms with Crippen LogP contribution in [0.25, 0.3) is 0 Å². The number of guanidine groups is 1. The molecule has 1 aliphatic heterocycles. The quantitative estimate of drug-likeness (QED) is 0.544. The molecular formula is C19H37N7. The standard InChI is InChI=1S/C19H37N7/c1-6-18-24-23-14-26(18)12-9-21-19(20-5)22-13-17(15(2)3)25-10-7-16(4)8-11-25/h14-17H,6-13H2,1-5H3,(H2,20,21,22). The van der Waals surface area contributed by atoms with E-state index in [-0.39, 0.29) is 0 Å². The van der Waals surface area contributed by atoms with Gasteiger partial charge in [0, 0.05) is 39.1 Å². The van der Waals surface area contributed by atoms with Gasteiger partial charge in [0.2, 0.25) is 0 Å². The van der Waals surface area contributed by atoms with Crippen LogP contribution >= 0.6 is 0 Å². The van der Waals surface area contributed by atoms with Crippen molar-refractivity contribution in [2.75, 3.05) is 33.2 Å². The van der Waals surface area contributed by atoms with Crippen molar-refractivity contribution >= 4 is 5.96 Å². The van der Waals surface area contributed by atoms with Crippen molar-refractivity contribution in [2.24, 2.45) is 16.8 Å². The van der Waals surface area contributed by atoms with Crippen molar-refractivity contribution in [1.82, 2.24) is 30.3 Å². The zero-order valence-corrected chi connectivity index (χ0v) is 17.2. The summed E-state index contributed by atoms with van der Waals surface area (Å²) in [6, 6.07) is 0.547. The molecule has 1 saturated heterocycles. The number of hydrogen-bond acceptors (Lipinski definition) is 4. The highest BCUT2D eigenvalue weighted by Crippen LogP contribution is 2.20. The maximum absolute atomic E-state index is 4.37. The summed E-state index contributed by atoms with van der Waals surface area (Å²) in [4.78, 5) is 7.02. The lowest BCUT2D eigenvalue weighted by Crippen LogP contribution is -2.51. The fourth-order valence-electron chi connectivity index (χ4n) is 3.60. The topological polar surface area (TPSA) is 70.4 Å². The van der Waals surface area contributed by atoms with E-state index in [2.05, 4.69) is 63.0 Å². The number of aryl methyl sites for hydroxylation is 1. The van der Waals surface area contributed by atoms with Gasteiger partial charge in [0.25, 0.3) is 0 Å². The summed E-state index contributed by atoms with van der Waals surface area (Å²) in [6.07, 6.45) is 5.32. The summed E-state index contributed by atoms with van der Waals surface area (Å²) in [5, 5.41) is 15.0. The molecule has 1 aromatic rings. The van der Waals surface area contributed by atoms with Gasteiger partial charge in [-0.15, -0.1) is 10.2 Å². The number of rotatable bonds is 8. The summed E-state index contributed by atoms with van der Waals surface area (Å²) in [7, 11) is 1.83. The van der Waals surface area contributed by atoms with E-state index in [0.717, 1.165) is 43.8 Å². The maximum Gasteiger partial charge on any atom is 0.191 e. The molecule has 0 radical (unpaired) electrons. The molecule has 26 heavy (non-hydrogen) atoms. The third kappa shape index (κ3) is 5.97. The van der Waals surface area contributed by atoms with Gasteiger partial charge in [0.05, 0.1) is 0 Å². The molecule has 0 saturated carbocycles. The van der Waals surface area contributed by atoms with E-state index in [1.54, 1.807) is 6.33 Å². The number of nitrogens with one attached hydrogen (secondary N) is 2. The van der Waals surface area contributed by atoms with Crippen molar-refractivity contribution in [1.29, 1.82) is 0 Å². The Morgan fingerprint density at radius 3 is 2.65 bits per heavy atom. The molecule has 1 unspecified atom stereocenters. The summed E-state index contributed by atoms with van der Waals surface area (Å²) < 4.78 is 2.09. The molecule has 1 atom stereocenters. The highest BCUT2D eigenvalue weighted by atomic mass is 15.3. The van der Waals surface area contributed by atoms with Crippen LogP contribution in [0.3, 0.4) is 0 Å². The zero-order chi connectivity index (χ0) is 18.9. The molecule has 1 aromatic heterocycles. The molecule has 1 aliphatic rings. The Kier molecular flexibility index (Phi) is 8.35. The van der Waals surface area contributed by atoms with Gasteiger partial charge in [-0.3, -0.25) is 9.89 Å². The minimum Gasteiger partial charge on any atom is -0.355 e. The second-order valence-electron chi connectivity index (χ2n) is 7.70. The Morgan fingerprint density at radius 1 is 1.31 bits per heavy atom. The normalized spacial score (nSPS) is 18.3. The molecule has 0 amide bonds. The Morgan fingerprint density at radius 2 is 2.04 bits per heavy atom. The van der Waals surface area contributed by atoms with Gasteiger partial charge in [-0.25, -0.2) is 0 Å². The smallest absolute Gasteiger partial charge is 0.191 e. The highest BCUT2D eigenvalue weighted by Gasteiger charge is 2.25. The molecule has 7 heteroatoms. The van der Waals surface area contributed by atoms with Gasteiger partial charge in [0.1, 0.15) is 12.2 Å². The molecule has 7 nitrogen and oxygen atoms in total. The molecule has 1 fully saturated rings. The molecule has 148 valence electrons. The second-order valence-corrected chi connectivity index (χ2v) is 7.70. The van der Waals surface area contributed by atoms with E-state index in [1.807, 2.05) is 7.05 Å². The third-order valence-corrected chi connectivity index (χ3v) is 5.42. The minimum absolute atomic E-state index is 0.547. The van der Waals surface area contributed by atoms with Gasteiger partial charge in [-0.2, -0.15) is 0 Å². The highest BCUT2D eigenvalue weighted by molar-refractivity contribution is 5.79. The largest absolute Gasteiger partial charge is 0.355 e. The van der Waals surface area contributed by atoms with Crippen molar-refractivity contribution in [3.8, 4) is 0 Å². The molecule has 0 aromatic carbocycles. The Bertz CT molecular complexity index is 544. The van der Waals surface area contributed by atoms with Crippen molar-refractivity contribution < 1.29 is 0 Å². The van der Waals surface area contributed by atoms with Crippen LogP contribution < -0.4 is 10.6 Å². The molecule has 0 aliphatic carbocycles. The molecule has 2 heterocycles. The molecule has 0 spiro atoms. The number of aromatic nitrogens is 3. The summed E-state index contributed by atoms with van der Waals surface area (Å²) in [6.45, 7) is 14.1. The number of nitrogens with zero attached hydrogens (tertiary/aromatic N) is 5. The lowest BCUT2D eigenvalue weighted by molar-refractivity contribution is 0.110. The van der Waals surface area contributed by atoms with E-state index in [0.29, 0.717) is 12.0 Å². The first-order chi connectivity index (χ1) is 12.5. The predicted octanol–water partition coefficient (Wildman–Crippen LogP) is 1.76. The average Bonchev–Trinajstić information content (AvgIpc) is 3.09. The first kappa shape index (κ1) is 20.7. The molecule has 0 bridgehead atoms. The molecular weight excluding hydrogens is 326 g/mol. The number of likely N-dealkylation sites (tertiary alicyclic amines) is 1. The van der Waals surface area contributed by atoms with E-state index in [9.17, 15) is 0 Å². The molecule has 2 N–H and O–H groups in total. The van der Waals surface area contributed by atoms with Crippen LogP contribution in [0.15, 0.2) is 11.3 Å². The van der Waals surface area contributed by atoms with Gasteiger partial charge in [-0.1, -0.05) is 27.7 Å². The van der Waals surface area contributed by atoms with Gasteiger partial charge in [0.15, 0.2) is 5.96 Å². The number of hydrogen-bond donors (Lipinski definition) is 2. The number of aliphatic imine (C=N–C) groups is 1. The summed E-state index contributed by atoms with van der Waals surface area (Å²) in [5.41, 5.74) is 0. The maximum atomic E-state index is 4.37. The van der Waals surface area contributed by atoms with Crippen LogP contribution in [0.4, 0.5) is 0 Å².